The van der Waals surface area contributed by atoms with Crippen molar-refractivity contribution in [2.45, 2.75) is 39.2 Å². The van der Waals surface area contributed by atoms with Gasteiger partial charge in [0, 0.05) is 24.6 Å². The van der Waals surface area contributed by atoms with Gasteiger partial charge in [0.2, 0.25) is 5.91 Å². The number of nitro benzene ring substituents is 1. The van der Waals surface area contributed by atoms with E-state index in [1.165, 1.54) is 19.2 Å². The molecule has 0 heterocycles. The largest absolute Gasteiger partial charge is 0.495 e. The van der Waals surface area contributed by atoms with E-state index in [0.717, 1.165) is 6.07 Å². The van der Waals surface area contributed by atoms with E-state index in [-0.39, 0.29) is 47.2 Å². The van der Waals surface area contributed by atoms with Gasteiger partial charge in [0.25, 0.3) is 11.6 Å². The van der Waals surface area contributed by atoms with Crippen molar-refractivity contribution >= 4 is 40.8 Å². The average molecular weight is 518 g/mol. The highest BCUT2D eigenvalue weighted by atomic mass is 35.5. The molecule has 3 rings (SSSR count). The number of hydrogen-bond donors (Lipinski definition) is 2. The standard InChI is InChI=1S/C25H28ClN3O7/c1-3-36-25(32)17-7-5-16(6-8-17)23(30)28-21-10-9-18(29(33)34)13-19(21)24(31)27-14-15-4-11-22(35-2)20(26)12-15/h4,9-13,16-17H,3,5-8,14H2,1-2H3,(H,27,31)(H,28,30)/t16-,17-. The number of nitrogens with zero attached hydrogens (tertiary/aromatic N) is 1. The Morgan fingerprint density at radius 3 is 2.39 bits per heavy atom. The number of hydrogen-bond acceptors (Lipinski definition) is 7. The summed E-state index contributed by atoms with van der Waals surface area (Å²) < 4.78 is 10.2. The predicted molar refractivity (Wildman–Crippen MR) is 133 cm³/mol. The summed E-state index contributed by atoms with van der Waals surface area (Å²) in [5.74, 6) is -1.21. The second-order valence-electron chi connectivity index (χ2n) is 8.43. The van der Waals surface area contributed by atoms with E-state index in [1.54, 1.807) is 25.1 Å². The monoisotopic (exact) mass is 517 g/mol. The lowest BCUT2D eigenvalue weighted by Gasteiger charge is -2.26. The van der Waals surface area contributed by atoms with Crippen molar-refractivity contribution in [1.29, 1.82) is 0 Å². The van der Waals surface area contributed by atoms with Crippen LogP contribution in [0.25, 0.3) is 0 Å². The maximum Gasteiger partial charge on any atom is 0.308 e. The van der Waals surface area contributed by atoms with Crippen LogP contribution >= 0.6 is 11.6 Å². The summed E-state index contributed by atoms with van der Waals surface area (Å²) in [6.45, 7) is 2.17. The molecular formula is C25H28ClN3O7. The third-order valence-electron chi connectivity index (χ3n) is 6.10. The Morgan fingerprint density at radius 1 is 1.08 bits per heavy atom. The summed E-state index contributed by atoms with van der Waals surface area (Å²) in [6, 6.07) is 8.74. The lowest BCUT2D eigenvalue weighted by Crippen LogP contribution is -2.31. The van der Waals surface area contributed by atoms with Gasteiger partial charge < -0.3 is 20.1 Å². The Labute approximate surface area is 213 Å². The van der Waals surface area contributed by atoms with Crippen LogP contribution in [0.15, 0.2) is 36.4 Å². The van der Waals surface area contributed by atoms with E-state index >= 15 is 0 Å². The molecule has 1 aliphatic rings. The summed E-state index contributed by atoms with van der Waals surface area (Å²) in [6.07, 6.45) is 2.08. The zero-order valence-electron chi connectivity index (χ0n) is 20.0. The van der Waals surface area contributed by atoms with Gasteiger partial charge in [-0.05, 0) is 56.4 Å². The number of methoxy groups -OCH3 is 1. The number of nitro groups is 1. The van der Waals surface area contributed by atoms with E-state index in [1.807, 2.05) is 0 Å². The van der Waals surface area contributed by atoms with E-state index < -0.39 is 10.8 Å². The number of ether oxygens (including phenoxy) is 2. The molecule has 0 saturated heterocycles. The number of carbonyl (C=O) groups is 3. The number of halogens is 1. The smallest absolute Gasteiger partial charge is 0.308 e. The Bertz CT molecular complexity index is 1150. The normalized spacial score (nSPS) is 17.1. The van der Waals surface area contributed by atoms with Crippen LogP contribution < -0.4 is 15.4 Å². The second-order valence-corrected chi connectivity index (χ2v) is 8.84. The van der Waals surface area contributed by atoms with E-state index in [9.17, 15) is 24.5 Å². The van der Waals surface area contributed by atoms with Crippen LogP contribution in [0, 0.1) is 22.0 Å². The van der Waals surface area contributed by atoms with Crippen molar-refractivity contribution in [3.05, 3.63) is 62.7 Å². The number of non-ortho nitro benzene ring substituents is 1. The van der Waals surface area contributed by atoms with Crippen LogP contribution in [-0.4, -0.2) is 36.4 Å². The van der Waals surface area contributed by atoms with Gasteiger partial charge >= 0.3 is 5.97 Å². The van der Waals surface area contributed by atoms with Crippen molar-refractivity contribution in [2.75, 3.05) is 19.0 Å². The molecule has 0 unspecified atom stereocenters. The van der Waals surface area contributed by atoms with Gasteiger partial charge in [-0.15, -0.1) is 0 Å². The Kier molecular flexibility index (Phi) is 9.24. The molecule has 192 valence electrons. The molecule has 0 aliphatic heterocycles. The molecule has 2 N–H and O–H groups in total. The third-order valence-corrected chi connectivity index (χ3v) is 6.40. The van der Waals surface area contributed by atoms with Crippen LogP contribution in [0.4, 0.5) is 11.4 Å². The van der Waals surface area contributed by atoms with Crippen molar-refractivity contribution in [2.24, 2.45) is 11.8 Å². The molecule has 1 saturated carbocycles. The number of amides is 2. The third kappa shape index (κ3) is 6.72. The van der Waals surface area contributed by atoms with Gasteiger partial charge in [-0.1, -0.05) is 17.7 Å². The van der Waals surface area contributed by atoms with Gasteiger partial charge in [-0.25, -0.2) is 0 Å². The first-order chi connectivity index (χ1) is 17.2. The molecule has 0 aromatic heterocycles. The molecular weight excluding hydrogens is 490 g/mol. The number of rotatable bonds is 9. The molecule has 2 amide bonds. The number of carbonyl (C=O) groups excluding carboxylic acids is 3. The first kappa shape index (κ1) is 26.9. The first-order valence-corrected chi connectivity index (χ1v) is 12.0. The summed E-state index contributed by atoms with van der Waals surface area (Å²) in [5.41, 5.74) is 0.560. The predicted octanol–water partition coefficient (Wildman–Crippen LogP) is 4.49. The lowest BCUT2D eigenvalue weighted by molar-refractivity contribution is -0.384. The molecule has 0 spiro atoms. The van der Waals surface area contributed by atoms with Gasteiger partial charge in [0.05, 0.1) is 40.8 Å². The minimum atomic E-state index is -0.609. The Morgan fingerprint density at radius 2 is 1.78 bits per heavy atom. The highest BCUT2D eigenvalue weighted by Gasteiger charge is 2.31. The molecule has 36 heavy (non-hydrogen) atoms. The van der Waals surface area contributed by atoms with Crippen LogP contribution in [0.2, 0.25) is 5.02 Å². The van der Waals surface area contributed by atoms with Gasteiger partial charge in [0.15, 0.2) is 0 Å². The van der Waals surface area contributed by atoms with Crippen LogP contribution in [0.1, 0.15) is 48.5 Å². The molecule has 10 nitrogen and oxygen atoms in total. The number of esters is 1. The first-order valence-electron chi connectivity index (χ1n) is 11.6. The summed E-state index contributed by atoms with van der Waals surface area (Å²) in [5, 5.41) is 17.1. The van der Waals surface area contributed by atoms with Crippen LogP contribution in [0.5, 0.6) is 5.75 Å². The van der Waals surface area contributed by atoms with Crippen LogP contribution in [0.3, 0.4) is 0 Å². The minimum absolute atomic E-state index is 0.0302. The number of anilines is 1. The fraction of sp³-hybridized carbons (Fsp3) is 0.400. The SMILES string of the molecule is CCOC(=O)[C@H]1CC[C@H](C(=O)Nc2ccc([N+](=O)[O-])cc2C(=O)NCc2ccc(OC)c(Cl)c2)CC1. The summed E-state index contributed by atoms with van der Waals surface area (Å²) in [7, 11) is 1.49. The summed E-state index contributed by atoms with van der Waals surface area (Å²) >= 11 is 6.13. The molecule has 2 aromatic rings. The van der Waals surface area contributed by atoms with Gasteiger partial charge in [-0.3, -0.25) is 24.5 Å². The maximum absolute atomic E-state index is 13.0. The minimum Gasteiger partial charge on any atom is -0.495 e. The van der Waals surface area contributed by atoms with E-state index in [0.29, 0.717) is 48.6 Å². The zero-order valence-corrected chi connectivity index (χ0v) is 20.8. The number of benzene rings is 2. The quantitative estimate of drug-likeness (QED) is 0.284. The highest BCUT2D eigenvalue weighted by Crippen LogP contribution is 2.31. The van der Waals surface area contributed by atoms with Gasteiger partial charge in [-0.2, -0.15) is 0 Å². The molecule has 1 fully saturated rings. The molecule has 0 bridgehead atoms. The second kappa shape index (κ2) is 12.3. The fourth-order valence-corrected chi connectivity index (χ4v) is 4.41. The fourth-order valence-electron chi connectivity index (χ4n) is 4.13. The van der Waals surface area contributed by atoms with Crippen molar-refractivity contribution in [3.63, 3.8) is 0 Å². The molecule has 11 heteroatoms. The lowest BCUT2D eigenvalue weighted by atomic mass is 9.81. The van der Waals surface area contributed by atoms with Crippen molar-refractivity contribution < 1.29 is 28.8 Å². The highest BCUT2D eigenvalue weighted by molar-refractivity contribution is 6.32. The van der Waals surface area contributed by atoms with Crippen molar-refractivity contribution in [1.82, 2.24) is 5.32 Å². The topological polar surface area (TPSA) is 137 Å². The summed E-state index contributed by atoms with van der Waals surface area (Å²) in [4.78, 5) is 48.5. The molecule has 0 radical (unpaired) electrons. The zero-order chi connectivity index (χ0) is 26.2. The van der Waals surface area contributed by atoms with Crippen LogP contribution in [-0.2, 0) is 20.9 Å². The molecule has 1 aliphatic carbocycles. The van der Waals surface area contributed by atoms with E-state index in [4.69, 9.17) is 21.1 Å². The average Bonchev–Trinajstić information content (AvgIpc) is 2.87. The molecule has 0 atom stereocenters. The van der Waals surface area contributed by atoms with E-state index in [2.05, 4.69) is 10.6 Å². The van der Waals surface area contributed by atoms with Crippen molar-refractivity contribution in [3.8, 4) is 5.75 Å². The Hall–Kier alpha value is -3.66. The Balaban J connectivity index is 1.70. The maximum atomic E-state index is 13.0. The van der Waals surface area contributed by atoms with Gasteiger partial charge in [0.1, 0.15) is 5.75 Å². The molecule has 2 aromatic carbocycles. The number of nitrogens with one attached hydrogen (secondary N) is 2.